The van der Waals surface area contributed by atoms with Crippen LogP contribution in [0.1, 0.15) is 38.3 Å². The lowest BCUT2D eigenvalue weighted by Gasteiger charge is -2.29. The molecule has 148 valence electrons. The molecule has 0 saturated heterocycles. The maximum atomic E-state index is 12.9. The molecule has 0 N–H and O–H groups in total. The standard InChI is InChI=1S/C25H20N2O3/c28-23(26-15-5-7-18-6-1-4-10-22(18)26)16-17-11-13-19(14-12-17)27-24(29)20-8-2-3-9-21(20)25(27)30/h1-4,6,8-14H,5,7,15-16H2. The zero-order valence-electron chi connectivity index (χ0n) is 16.4. The molecular formula is C25H20N2O3. The third-order valence-corrected chi connectivity index (χ3v) is 5.76. The minimum Gasteiger partial charge on any atom is -0.312 e. The molecule has 3 amide bonds. The summed E-state index contributed by atoms with van der Waals surface area (Å²) in [5, 5.41) is 0. The minimum atomic E-state index is -0.315. The van der Waals surface area contributed by atoms with E-state index in [1.165, 1.54) is 10.5 Å². The Kier molecular flexibility index (Phi) is 4.43. The van der Waals surface area contributed by atoms with Gasteiger partial charge in [-0.3, -0.25) is 14.4 Å². The van der Waals surface area contributed by atoms with E-state index in [9.17, 15) is 14.4 Å². The number of hydrogen-bond acceptors (Lipinski definition) is 3. The summed E-state index contributed by atoms with van der Waals surface area (Å²) in [6, 6.07) is 22.0. The Morgan fingerprint density at radius 3 is 2.13 bits per heavy atom. The van der Waals surface area contributed by atoms with E-state index in [-0.39, 0.29) is 24.1 Å². The highest BCUT2D eigenvalue weighted by Gasteiger charge is 2.36. The average Bonchev–Trinajstić information content (AvgIpc) is 3.04. The number of imide groups is 1. The van der Waals surface area contributed by atoms with Gasteiger partial charge in [-0.05, 0) is 54.3 Å². The number of amides is 3. The van der Waals surface area contributed by atoms with E-state index in [0.717, 1.165) is 30.6 Å². The summed E-state index contributed by atoms with van der Waals surface area (Å²) in [7, 11) is 0. The van der Waals surface area contributed by atoms with Crippen LogP contribution in [-0.4, -0.2) is 24.3 Å². The van der Waals surface area contributed by atoms with Crippen molar-refractivity contribution in [3.05, 3.63) is 95.1 Å². The molecule has 2 aliphatic heterocycles. The van der Waals surface area contributed by atoms with Crippen LogP contribution in [0.15, 0.2) is 72.8 Å². The predicted octanol–water partition coefficient (Wildman–Crippen LogP) is 4.01. The largest absolute Gasteiger partial charge is 0.312 e. The molecule has 2 aliphatic rings. The summed E-state index contributed by atoms with van der Waals surface area (Å²) >= 11 is 0. The SMILES string of the molecule is O=C(Cc1ccc(N2C(=O)c3ccccc3C2=O)cc1)N1CCCc2ccccc21. The van der Waals surface area contributed by atoms with E-state index in [1.54, 1.807) is 36.4 Å². The molecule has 0 aromatic heterocycles. The molecule has 3 aromatic rings. The third kappa shape index (κ3) is 2.99. The van der Waals surface area contributed by atoms with Gasteiger partial charge in [0.2, 0.25) is 5.91 Å². The van der Waals surface area contributed by atoms with Gasteiger partial charge in [0, 0.05) is 12.2 Å². The van der Waals surface area contributed by atoms with E-state index in [2.05, 4.69) is 6.07 Å². The van der Waals surface area contributed by atoms with E-state index in [1.807, 2.05) is 35.2 Å². The number of benzene rings is 3. The molecule has 0 unspecified atom stereocenters. The molecule has 0 spiro atoms. The third-order valence-electron chi connectivity index (χ3n) is 5.76. The second kappa shape index (κ2) is 7.26. The molecule has 0 fully saturated rings. The lowest BCUT2D eigenvalue weighted by Crippen LogP contribution is -2.36. The topological polar surface area (TPSA) is 57.7 Å². The van der Waals surface area contributed by atoms with Gasteiger partial charge in [-0.2, -0.15) is 0 Å². The van der Waals surface area contributed by atoms with Gasteiger partial charge in [0.15, 0.2) is 0 Å². The first-order valence-electron chi connectivity index (χ1n) is 10.1. The van der Waals surface area contributed by atoms with Crippen LogP contribution in [0.5, 0.6) is 0 Å². The number of carbonyl (C=O) groups excluding carboxylic acids is 3. The molecule has 0 saturated carbocycles. The number of rotatable bonds is 3. The van der Waals surface area contributed by atoms with Crippen LogP contribution in [0.25, 0.3) is 0 Å². The minimum absolute atomic E-state index is 0.0515. The number of hydrogen-bond donors (Lipinski definition) is 0. The Morgan fingerprint density at radius 1 is 0.800 bits per heavy atom. The average molecular weight is 396 g/mol. The normalized spacial score (nSPS) is 15.2. The van der Waals surface area contributed by atoms with Crippen LogP contribution in [0, 0.1) is 0 Å². The molecule has 2 heterocycles. The number of nitrogens with zero attached hydrogens (tertiary/aromatic N) is 2. The zero-order chi connectivity index (χ0) is 20.7. The lowest BCUT2D eigenvalue weighted by atomic mass is 10.0. The summed E-state index contributed by atoms with van der Waals surface area (Å²) in [6.45, 7) is 0.725. The molecule has 5 nitrogen and oxygen atoms in total. The van der Waals surface area contributed by atoms with Crippen molar-refractivity contribution >= 4 is 29.1 Å². The Bertz CT molecular complexity index is 1130. The summed E-state index contributed by atoms with van der Waals surface area (Å²) in [6.07, 6.45) is 2.23. The van der Waals surface area contributed by atoms with Crippen molar-refractivity contribution in [1.29, 1.82) is 0 Å². The van der Waals surface area contributed by atoms with Gasteiger partial charge in [0.25, 0.3) is 11.8 Å². The van der Waals surface area contributed by atoms with Gasteiger partial charge >= 0.3 is 0 Å². The molecule has 0 bridgehead atoms. The maximum Gasteiger partial charge on any atom is 0.266 e. The summed E-state index contributed by atoms with van der Waals surface area (Å²) in [5.41, 5.74) is 4.41. The summed E-state index contributed by atoms with van der Waals surface area (Å²) in [4.78, 5) is 41.3. The van der Waals surface area contributed by atoms with E-state index in [4.69, 9.17) is 0 Å². The second-order valence-electron chi connectivity index (χ2n) is 7.61. The highest BCUT2D eigenvalue weighted by atomic mass is 16.2. The number of aryl methyl sites for hydroxylation is 1. The summed E-state index contributed by atoms with van der Waals surface area (Å²) < 4.78 is 0. The molecule has 0 radical (unpaired) electrons. The first-order valence-corrected chi connectivity index (χ1v) is 10.1. The smallest absolute Gasteiger partial charge is 0.266 e. The van der Waals surface area contributed by atoms with Crippen LogP contribution < -0.4 is 9.80 Å². The van der Waals surface area contributed by atoms with Gasteiger partial charge in [-0.15, -0.1) is 0 Å². The van der Waals surface area contributed by atoms with Crippen LogP contribution in [0.3, 0.4) is 0 Å². The van der Waals surface area contributed by atoms with Crippen molar-refractivity contribution < 1.29 is 14.4 Å². The Balaban J connectivity index is 1.34. The van der Waals surface area contributed by atoms with Crippen molar-refractivity contribution in [2.75, 3.05) is 16.3 Å². The summed E-state index contributed by atoms with van der Waals surface area (Å²) in [5.74, 6) is -0.579. The van der Waals surface area contributed by atoms with Crippen LogP contribution >= 0.6 is 0 Å². The Labute approximate surface area is 174 Å². The monoisotopic (exact) mass is 396 g/mol. The molecule has 0 aliphatic carbocycles. The molecular weight excluding hydrogens is 376 g/mol. The van der Waals surface area contributed by atoms with E-state index in [0.29, 0.717) is 16.8 Å². The highest BCUT2D eigenvalue weighted by molar-refractivity contribution is 6.34. The quantitative estimate of drug-likeness (QED) is 0.629. The molecule has 5 heteroatoms. The number of para-hydroxylation sites is 1. The van der Waals surface area contributed by atoms with Gasteiger partial charge in [-0.1, -0.05) is 42.5 Å². The number of carbonyl (C=O) groups is 3. The number of fused-ring (bicyclic) bond motifs is 2. The first kappa shape index (κ1) is 18.3. The van der Waals surface area contributed by atoms with Crippen LogP contribution in [0.2, 0.25) is 0 Å². The Morgan fingerprint density at radius 2 is 1.43 bits per heavy atom. The number of anilines is 2. The zero-order valence-corrected chi connectivity index (χ0v) is 16.4. The molecule has 3 aromatic carbocycles. The fraction of sp³-hybridized carbons (Fsp3) is 0.160. The van der Waals surface area contributed by atoms with Gasteiger partial charge in [0.1, 0.15) is 0 Å². The highest BCUT2D eigenvalue weighted by Crippen LogP contribution is 2.29. The van der Waals surface area contributed by atoms with Gasteiger partial charge in [0.05, 0.1) is 23.2 Å². The maximum absolute atomic E-state index is 12.9. The predicted molar refractivity (Wildman–Crippen MR) is 115 cm³/mol. The van der Waals surface area contributed by atoms with Gasteiger partial charge in [-0.25, -0.2) is 4.90 Å². The van der Waals surface area contributed by atoms with Crippen LogP contribution in [0.4, 0.5) is 11.4 Å². The van der Waals surface area contributed by atoms with E-state index >= 15 is 0 Å². The van der Waals surface area contributed by atoms with Crippen molar-refractivity contribution in [3.8, 4) is 0 Å². The van der Waals surface area contributed by atoms with Crippen molar-refractivity contribution in [1.82, 2.24) is 0 Å². The van der Waals surface area contributed by atoms with Crippen molar-refractivity contribution in [2.24, 2.45) is 0 Å². The second-order valence-corrected chi connectivity index (χ2v) is 7.61. The fourth-order valence-electron chi connectivity index (χ4n) is 4.25. The van der Waals surface area contributed by atoms with Crippen molar-refractivity contribution in [2.45, 2.75) is 19.3 Å². The van der Waals surface area contributed by atoms with Crippen molar-refractivity contribution in [3.63, 3.8) is 0 Å². The molecule has 30 heavy (non-hydrogen) atoms. The van der Waals surface area contributed by atoms with Crippen LogP contribution in [-0.2, 0) is 17.6 Å². The first-order chi connectivity index (χ1) is 14.6. The lowest BCUT2D eigenvalue weighted by molar-refractivity contribution is -0.118. The Hall–Kier alpha value is -3.73. The van der Waals surface area contributed by atoms with Gasteiger partial charge < -0.3 is 4.90 Å². The van der Waals surface area contributed by atoms with E-state index < -0.39 is 0 Å². The molecule has 5 rings (SSSR count). The molecule has 0 atom stereocenters. The fourth-order valence-corrected chi connectivity index (χ4v) is 4.25.